The normalized spacial score (nSPS) is 10.6. The van der Waals surface area contributed by atoms with Gasteiger partial charge in [-0.3, -0.25) is 0 Å². The zero-order chi connectivity index (χ0) is 13.5. The quantitative estimate of drug-likeness (QED) is 0.842. The number of aryl methyl sites for hydroxylation is 2. The molecule has 1 aromatic heterocycles. The van der Waals surface area contributed by atoms with Gasteiger partial charge in [0.25, 0.3) is 0 Å². The molecule has 5 heteroatoms. The zero-order valence-corrected chi connectivity index (χ0v) is 12.2. The number of nitrogens with zero attached hydrogens (tertiary/aromatic N) is 2. The molecule has 0 saturated heterocycles. The molecule has 0 aliphatic carbocycles. The third kappa shape index (κ3) is 4.29. The highest BCUT2D eigenvalue weighted by Gasteiger charge is 2.04. The van der Waals surface area contributed by atoms with Crippen molar-refractivity contribution in [3.05, 3.63) is 39.8 Å². The lowest BCUT2D eigenvalue weighted by Crippen LogP contribution is -2.09. The number of nitrogens with one attached hydrogen (secondary N) is 1. The topological polar surface area (TPSA) is 47.0 Å². The van der Waals surface area contributed by atoms with Crippen molar-refractivity contribution in [2.45, 2.75) is 19.3 Å². The van der Waals surface area contributed by atoms with E-state index < -0.39 is 0 Å². The molecule has 2 aromatic rings. The number of aromatic nitrogens is 2. The standard InChI is InChI=1S/C14H19N3OS/c1-15-10-9-14-17-16-13(19-14)8-5-11-3-6-12(18-2)7-4-11/h3-4,6-7,15H,5,8-10H2,1-2H3. The summed E-state index contributed by atoms with van der Waals surface area (Å²) in [6.07, 6.45) is 2.89. The molecule has 0 amide bonds. The molecule has 1 heterocycles. The first kappa shape index (κ1) is 14.0. The Kier molecular flexibility index (Phi) is 5.30. The molecule has 0 fully saturated rings. The fraction of sp³-hybridized carbons (Fsp3) is 0.429. The van der Waals surface area contributed by atoms with Crippen LogP contribution in [-0.2, 0) is 19.3 Å². The number of rotatable bonds is 7. The smallest absolute Gasteiger partial charge is 0.118 e. The van der Waals surface area contributed by atoms with E-state index in [0.717, 1.165) is 41.6 Å². The van der Waals surface area contributed by atoms with Crippen LogP contribution in [0, 0.1) is 0 Å². The Labute approximate surface area is 117 Å². The predicted octanol–water partition coefficient (Wildman–Crippen LogP) is 2.09. The van der Waals surface area contributed by atoms with Gasteiger partial charge < -0.3 is 10.1 Å². The second-order valence-electron chi connectivity index (χ2n) is 4.29. The maximum Gasteiger partial charge on any atom is 0.118 e. The summed E-state index contributed by atoms with van der Waals surface area (Å²) in [5, 5.41) is 13.8. The molecular formula is C14H19N3OS. The number of likely N-dealkylation sites (N-methyl/N-ethyl adjacent to an activating group) is 1. The van der Waals surface area contributed by atoms with Crippen LogP contribution in [-0.4, -0.2) is 30.9 Å². The molecule has 4 nitrogen and oxygen atoms in total. The second kappa shape index (κ2) is 7.21. The summed E-state index contributed by atoms with van der Waals surface area (Å²) >= 11 is 1.71. The summed E-state index contributed by atoms with van der Waals surface area (Å²) < 4.78 is 5.15. The first-order valence-corrected chi connectivity index (χ1v) is 7.22. The Morgan fingerprint density at radius 3 is 2.37 bits per heavy atom. The second-order valence-corrected chi connectivity index (χ2v) is 5.44. The molecule has 0 aliphatic rings. The number of ether oxygens (including phenoxy) is 1. The minimum atomic E-state index is 0.897. The molecule has 0 spiro atoms. The fourth-order valence-corrected chi connectivity index (χ4v) is 2.61. The van der Waals surface area contributed by atoms with E-state index in [-0.39, 0.29) is 0 Å². The van der Waals surface area contributed by atoms with Gasteiger partial charge in [0, 0.05) is 19.4 Å². The Bertz CT molecular complexity index is 496. The van der Waals surface area contributed by atoms with Crippen molar-refractivity contribution in [2.24, 2.45) is 0 Å². The van der Waals surface area contributed by atoms with E-state index in [1.54, 1.807) is 18.4 Å². The summed E-state index contributed by atoms with van der Waals surface area (Å²) in [7, 11) is 3.63. The van der Waals surface area contributed by atoms with Crippen LogP contribution in [0.3, 0.4) is 0 Å². The van der Waals surface area contributed by atoms with Gasteiger partial charge in [0.2, 0.25) is 0 Å². The molecule has 0 unspecified atom stereocenters. The Morgan fingerprint density at radius 1 is 1.05 bits per heavy atom. The molecule has 102 valence electrons. The average molecular weight is 277 g/mol. The van der Waals surface area contributed by atoms with Gasteiger partial charge in [-0.25, -0.2) is 0 Å². The summed E-state index contributed by atoms with van der Waals surface area (Å²) in [5.41, 5.74) is 1.30. The summed E-state index contributed by atoms with van der Waals surface area (Å²) in [6.45, 7) is 0.952. The van der Waals surface area contributed by atoms with E-state index in [1.165, 1.54) is 5.56 Å². The van der Waals surface area contributed by atoms with E-state index in [4.69, 9.17) is 4.74 Å². The van der Waals surface area contributed by atoms with Gasteiger partial charge in [0.1, 0.15) is 15.8 Å². The van der Waals surface area contributed by atoms with Gasteiger partial charge in [0.05, 0.1) is 7.11 Å². The third-order valence-electron chi connectivity index (χ3n) is 2.88. The first-order chi connectivity index (χ1) is 9.31. The van der Waals surface area contributed by atoms with E-state index >= 15 is 0 Å². The van der Waals surface area contributed by atoms with Crippen LogP contribution in [0.2, 0.25) is 0 Å². The molecule has 0 atom stereocenters. The lowest BCUT2D eigenvalue weighted by molar-refractivity contribution is 0.414. The monoisotopic (exact) mass is 277 g/mol. The van der Waals surface area contributed by atoms with E-state index in [1.807, 2.05) is 19.2 Å². The Balaban J connectivity index is 1.85. The van der Waals surface area contributed by atoms with Crippen molar-refractivity contribution >= 4 is 11.3 Å². The molecule has 0 bridgehead atoms. The van der Waals surface area contributed by atoms with Crippen LogP contribution >= 0.6 is 11.3 Å². The van der Waals surface area contributed by atoms with Crippen LogP contribution in [0.25, 0.3) is 0 Å². The number of hydrogen-bond donors (Lipinski definition) is 1. The molecule has 1 aromatic carbocycles. The van der Waals surface area contributed by atoms with Gasteiger partial charge in [-0.2, -0.15) is 0 Å². The van der Waals surface area contributed by atoms with Crippen molar-refractivity contribution in [3.63, 3.8) is 0 Å². The molecule has 0 aliphatic heterocycles. The van der Waals surface area contributed by atoms with Crippen molar-refractivity contribution in [2.75, 3.05) is 20.7 Å². The van der Waals surface area contributed by atoms with Crippen LogP contribution in [0.4, 0.5) is 0 Å². The number of hydrogen-bond acceptors (Lipinski definition) is 5. The van der Waals surface area contributed by atoms with E-state index in [0.29, 0.717) is 0 Å². The van der Waals surface area contributed by atoms with Crippen LogP contribution in [0.15, 0.2) is 24.3 Å². The minimum Gasteiger partial charge on any atom is -0.497 e. The maximum atomic E-state index is 5.15. The van der Waals surface area contributed by atoms with Crippen molar-refractivity contribution in [1.29, 1.82) is 0 Å². The largest absolute Gasteiger partial charge is 0.497 e. The summed E-state index contributed by atoms with van der Waals surface area (Å²) in [4.78, 5) is 0. The SMILES string of the molecule is CNCCc1nnc(CCc2ccc(OC)cc2)s1. The van der Waals surface area contributed by atoms with Gasteiger partial charge in [-0.05, 0) is 31.2 Å². The highest BCUT2D eigenvalue weighted by atomic mass is 32.1. The zero-order valence-electron chi connectivity index (χ0n) is 11.3. The fourth-order valence-electron chi connectivity index (χ4n) is 1.77. The molecule has 19 heavy (non-hydrogen) atoms. The Hall–Kier alpha value is -1.46. The van der Waals surface area contributed by atoms with Gasteiger partial charge in [-0.15, -0.1) is 21.5 Å². The van der Waals surface area contributed by atoms with Crippen LogP contribution in [0.1, 0.15) is 15.6 Å². The average Bonchev–Trinajstić information content (AvgIpc) is 2.91. The molecule has 0 saturated carbocycles. The highest BCUT2D eigenvalue weighted by molar-refractivity contribution is 7.11. The van der Waals surface area contributed by atoms with Crippen LogP contribution in [0.5, 0.6) is 5.75 Å². The molecular weight excluding hydrogens is 258 g/mol. The van der Waals surface area contributed by atoms with Gasteiger partial charge >= 0.3 is 0 Å². The van der Waals surface area contributed by atoms with Crippen molar-refractivity contribution < 1.29 is 4.74 Å². The minimum absolute atomic E-state index is 0.897. The molecule has 0 radical (unpaired) electrons. The third-order valence-corrected chi connectivity index (χ3v) is 3.93. The van der Waals surface area contributed by atoms with Gasteiger partial charge in [-0.1, -0.05) is 12.1 Å². The first-order valence-electron chi connectivity index (χ1n) is 6.40. The Morgan fingerprint density at radius 2 is 1.74 bits per heavy atom. The number of benzene rings is 1. The van der Waals surface area contributed by atoms with E-state index in [2.05, 4.69) is 27.6 Å². The van der Waals surface area contributed by atoms with E-state index in [9.17, 15) is 0 Å². The van der Waals surface area contributed by atoms with Crippen LogP contribution < -0.4 is 10.1 Å². The lowest BCUT2D eigenvalue weighted by atomic mass is 10.1. The highest BCUT2D eigenvalue weighted by Crippen LogP contribution is 2.15. The predicted molar refractivity (Wildman–Crippen MR) is 77.9 cm³/mol. The molecule has 1 N–H and O–H groups in total. The van der Waals surface area contributed by atoms with Crippen molar-refractivity contribution in [3.8, 4) is 5.75 Å². The summed E-state index contributed by atoms with van der Waals surface area (Å²) in [5.74, 6) is 0.897. The maximum absolute atomic E-state index is 5.15. The van der Waals surface area contributed by atoms with Crippen molar-refractivity contribution in [1.82, 2.24) is 15.5 Å². The summed E-state index contributed by atoms with van der Waals surface area (Å²) in [6, 6.07) is 8.19. The lowest BCUT2D eigenvalue weighted by Gasteiger charge is -2.01. The van der Waals surface area contributed by atoms with Gasteiger partial charge in [0.15, 0.2) is 0 Å². The molecule has 2 rings (SSSR count). The number of methoxy groups -OCH3 is 1.